The molecule has 0 bridgehead atoms. The van der Waals surface area contributed by atoms with Crippen LogP contribution in [0.5, 0.6) is 0 Å². The number of anilines is 1. The predicted octanol–water partition coefficient (Wildman–Crippen LogP) is 4.82. The molecule has 1 N–H and O–H groups in total. The summed E-state index contributed by atoms with van der Waals surface area (Å²) >= 11 is 0. The number of hydrogen-bond donors (Lipinski definition) is 1. The Bertz CT molecular complexity index is 837. The number of carbonyl (C=O) groups is 2. The second-order valence-corrected chi connectivity index (χ2v) is 5.03. The Hall–Kier alpha value is -3.21. The van der Waals surface area contributed by atoms with Crippen LogP contribution in [-0.2, 0) is 0 Å². The third-order valence-electron chi connectivity index (χ3n) is 3.37. The standard InChI is InChI=1S/C18H14N2O3.C2H6/c1-12(21)13-7-9-15(10-8-13)18(22)19-17-11-16(20-23-17)14-5-3-2-4-6-14;1-2/h2-11H,1H3,(H,19,22);1-2H3. The molecule has 5 nitrogen and oxygen atoms in total. The quantitative estimate of drug-likeness (QED) is 0.693. The lowest BCUT2D eigenvalue weighted by Crippen LogP contribution is -2.11. The summed E-state index contributed by atoms with van der Waals surface area (Å²) in [6, 6.07) is 17.6. The van der Waals surface area contributed by atoms with E-state index < -0.39 is 0 Å². The lowest BCUT2D eigenvalue weighted by molar-refractivity contribution is 0.100. The Kier molecular flexibility index (Phi) is 6.23. The van der Waals surface area contributed by atoms with Gasteiger partial charge in [0.1, 0.15) is 5.69 Å². The highest BCUT2D eigenvalue weighted by Gasteiger charge is 2.11. The highest BCUT2D eigenvalue weighted by molar-refractivity contribution is 6.04. The molecule has 0 radical (unpaired) electrons. The van der Waals surface area contributed by atoms with Crippen molar-refractivity contribution < 1.29 is 14.1 Å². The van der Waals surface area contributed by atoms with Crippen molar-refractivity contribution >= 4 is 17.6 Å². The number of aromatic nitrogens is 1. The fraction of sp³-hybridized carbons (Fsp3) is 0.150. The van der Waals surface area contributed by atoms with E-state index in [1.807, 2.05) is 44.2 Å². The third-order valence-corrected chi connectivity index (χ3v) is 3.37. The number of benzene rings is 2. The van der Waals surface area contributed by atoms with Crippen LogP contribution in [0.2, 0.25) is 0 Å². The first-order chi connectivity index (χ1) is 12.1. The number of ketones is 1. The lowest BCUT2D eigenvalue weighted by atomic mass is 10.1. The van der Waals surface area contributed by atoms with Gasteiger partial charge in [-0.3, -0.25) is 14.9 Å². The van der Waals surface area contributed by atoms with Crippen LogP contribution in [-0.4, -0.2) is 16.8 Å². The number of nitrogens with zero attached hydrogens (tertiary/aromatic N) is 1. The number of nitrogens with one attached hydrogen (secondary N) is 1. The highest BCUT2D eigenvalue weighted by atomic mass is 16.5. The maximum absolute atomic E-state index is 12.2. The summed E-state index contributed by atoms with van der Waals surface area (Å²) in [6.07, 6.45) is 0. The molecule has 0 aliphatic carbocycles. The molecule has 0 aliphatic rings. The van der Waals surface area contributed by atoms with Crippen LogP contribution in [0.3, 0.4) is 0 Å². The van der Waals surface area contributed by atoms with E-state index in [-0.39, 0.29) is 17.6 Å². The van der Waals surface area contributed by atoms with Crippen molar-refractivity contribution in [3.63, 3.8) is 0 Å². The molecule has 128 valence electrons. The van der Waals surface area contributed by atoms with Gasteiger partial charge in [-0.1, -0.05) is 61.5 Å². The summed E-state index contributed by atoms with van der Waals surface area (Å²) in [7, 11) is 0. The fourth-order valence-corrected chi connectivity index (χ4v) is 2.12. The zero-order valence-corrected chi connectivity index (χ0v) is 14.4. The van der Waals surface area contributed by atoms with Crippen LogP contribution >= 0.6 is 0 Å². The summed E-state index contributed by atoms with van der Waals surface area (Å²) < 4.78 is 5.14. The number of Topliss-reactive ketones (excluding diaryl/α,β-unsaturated/α-hetero) is 1. The number of rotatable bonds is 4. The van der Waals surface area contributed by atoms with E-state index in [2.05, 4.69) is 10.5 Å². The van der Waals surface area contributed by atoms with Gasteiger partial charge >= 0.3 is 0 Å². The van der Waals surface area contributed by atoms with Gasteiger partial charge in [-0.15, -0.1) is 0 Å². The first-order valence-electron chi connectivity index (χ1n) is 8.08. The van der Waals surface area contributed by atoms with Crippen molar-refractivity contribution in [2.45, 2.75) is 20.8 Å². The minimum atomic E-state index is -0.323. The zero-order chi connectivity index (χ0) is 18.2. The molecule has 0 aliphatic heterocycles. The van der Waals surface area contributed by atoms with Gasteiger partial charge in [0.15, 0.2) is 5.78 Å². The van der Waals surface area contributed by atoms with Gasteiger partial charge in [0, 0.05) is 22.8 Å². The van der Waals surface area contributed by atoms with Crippen molar-refractivity contribution in [2.75, 3.05) is 5.32 Å². The van der Waals surface area contributed by atoms with E-state index >= 15 is 0 Å². The molecule has 0 spiro atoms. The largest absolute Gasteiger partial charge is 0.338 e. The Labute approximate surface area is 146 Å². The van der Waals surface area contributed by atoms with Crippen LogP contribution in [0.15, 0.2) is 65.2 Å². The number of carbonyl (C=O) groups excluding carboxylic acids is 2. The molecular formula is C20H20N2O3. The Morgan fingerprint density at radius 3 is 2.12 bits per heavy atom. The van der Waals surface area contributed by atoms with Gasteiger partial charge in [0.2, 0.25) is 5.88 Å². The first kappa shape index (κ1) is 18.1. The van der Waals surface area contributed by atoms with E-state index in [0.29, 0.717) is 16.8 Å². The maximum Gasteiger partial charge on any atom is 0.258 e. The van der Waals surface area contributed by atoms with Gasteiger partial charge in [0.25, 0.3) is 5.91 Å². The lowest BCUT2D eigenvalue weighted by Gasteiger charge is -2.02. The SMILES string of the molecule is CC.CC(=O)c1ccc(C(=O)Nc2cc(-c3ccccc3)no2)cc1. The van der Waals surface area contributed by atoms with Crippen LogP contribution in [0.4, 0.5) is 5.88 Å². The molecule has 3 rings (SSSR count). The van der Waals surface area contributed by atoms with E-state index in [1.54, 1.807) is 30.3 Å². The Morgan fingerprint density at radius 1 is 0.920 bits per heavy atom. The zero-order valence-electron chi connectivity index (χ0n) is 14.4. The monoisotopic (exact) mass is 336 g/mol. The predicted molar refractivity (Wildman–Crippen MR) is 97.7 cm³/mol. The van der Waals surface area contributed by atoms with E-state index in [9.17, 15) is 9.59 Å². The van der Waals surface area contributed by atoms with E-state index in [1.165, 1.54) is 6.92 Å². The smallest absolute Gasteiger partial charge is 0.258 e. The molecule has 3 aromatic rings. The summed E-state index contributed by atoms with van der Waals surface area (Å²) in [5.41, 5.74) is 2.55. The summed E-state index contributed by atoms with van der Waals surface area (Å²) in [5.74, 6) is -0.0972. The average Bonchev–Trinajstić information content (AvgIpc) is 3.12. The molecule has 1 heterocycles. The van der Waals surface area contributed by atoms with Crippen LogP contribution in [0.25, 0.3) is 11.3 Å². The first-order valence-corrected chi connectivity index (χ1v) is 8.08. The molecule has 2 aromatic carbocycles. The molecule has 25 heavy (non-hydrogen) atoms. The third kappa shape index (κ3) is 4.64. The molecule has 1 amide bonds. The van der Waals surface area contributed by atoms with Crippen molar-refractivity contribution in [3.05, 3.63) is 71.8 Å². The number of hydrogen-bond acceptors (Lipinski definition) is 4. The van der Waals surface area contributed by atoms with Gasteiger partial charge in [-0.2, -0.15) is 0 Å². The minimum absolute atomic E-state index is 0.0419. The number of amides is 1. The summed E-state index contributed by atoms with van der Waals surface area (Å²) in [5, 5.41) is 6.58. The van der Waals surface area contributed by atoms with Crippen molar-refractivity contribution in [1.29, 1.82) is 0 Å². The van der Waals surface area contributed by atoms with Crippen molar-refractivity contribution in [1.82, 2.24) is 5.16 Å². The van der Waals surface area contributed by atoms with Gasteiger partial charge in [-0.25, -0.2) is 0 Å². The van der Waals surface area contributed by atoms with Crippen molar-refractivity contribution in [2.24, 2.45) is 0 Å². The Balaban J connectivity index is 0.00000109. The normalized spacial score (nSPS) is 9.72. The summed E-state index contributed by atoms with van der Waals surface area (Å²) in [6.45, 7) is 5.48. The fourth-order valence-electron chi connectivity index (χ4n) is 2.12. The second kappa shape index (κ2) is 8.59. The van der Waals surface area contributed by atoms with Gasteiger partial charge in [-0.05, 0) is 19.1 Å². The highest BCUT2D eigenvalue weighted by Crippen LogP contribution is 2.21. The van der Waals surface area contributed by atoms with Gasteiger partial charge < -0.3 is 4.52 Å². The molecule has 0 atom stereocenters. The van der Waals surface area contributed by atoms with Crippen LogP contribution < -0.4 is 5.32 Å². The van der Waals surface area contributed by atoms with E-state index in [0.717, 1.165) is 5.56 Å². The molecule has 0 saturated carbocycles. The molecular weight excluding hydrogens is 316 g/mol. The van der Waals surface area contributed by atoms with Crippen molar-refractivity contribution in [3.8, 4) is 11.3 Å². The van der Waals surface area contributed by atoms with Crippen LogP contribution in [0.1, 0.15) is 41.5 Å². The maximum atomic E-state index is 12.2. The summed E-state index contributed by atoms with van der Waals surface area (Å²) in [4.78, 5) is 23.4. The topological polar surface area (TPSA) is 72.2 Å². The Morgan fingerprint density at radius 2 is 1.52 bits per heavy atom. The average molecular weight is 336 g/mol. The van der Waals surface area contributed by atoms with Gasteiger partial charge in [0.05, 0.1) is 0 Å². The molecule has 0 unspecified atom stereocenters. The minimum Gasteiger partial charge on any atom is -0.338 e. The molecule has 0 fully saturated rings. The van der Waals surface area contributed by atoms with Crippen LogP contribution in [0, 0.1) is 0 Å². The second-order valence-electron chi connectivity index (χ2n) is 5.03. The molecule has 5 heteroatoms. The molecule has 1 aromatic heterocycles. The molecule has 0 saturated heterocycles. The van der Waals surface area contributed by atoms with E-state index in [4.69, 9.17) is 4.52 Å².